The van der Waals surface area contributed by atoms with Gasteiger partial charge in [-0.1, -0.05) is 54.1 Å². The highest BCUT2D eigenvalue weighted by molar-refractivity contribution is 7.09. The first-order valence-corrected chi connectivity index (χ1v) is 9.21. The summed E-state index contributed by atoms with van der Waals surface area (Å²) in [5, 5.41) is 5.09. The minimum absolute atomic E-state index is 0.363. The van der Waals surface area contributed by atoms with Crippen molar-refractivity contribution in [2.75, 3.05) is 5.32 Å². The summed E-state index contributed by atoms with van der Waals surface area (Å²) in [6.07, 6.45) is 2.86. The van der Waals surface area contributed by atoms with E-state index in [1.807, 2.05) is 24.3 Å². The Morgan fingerprint density at radius 2 is 1.79 bits per heavy atom. The summed E-state index contributed by atoms with van der Waals surface area (Å²) in [6.45, 7) is 2.18. The molecule has 124 valence electrons. The Labute approximate surface area is 151 Å². The van der Waals surface area contributed by atoms with Crippen LogP contribution in [0, 0.1) is 0 Å². The smallest absolute Gasteiger partial charge is 0.202 e. The molecule has 3 aromatic rings. The minimum Gasteiger partial charge on any atom is -0.358 e. The highest BCUT2D eigenvalue weighted by Crippen LogP contribution is 2.17. The van der Waals surface area contributed by atoms with Crippen LogP contribution < -0.4 is 5.32 Å². The summed E-state index contributed by atoms with van der Waals surface area (Å²) < 4.78 is 4.44. The van der Waals surface area contributed by atoms with Crippen LogP contribution in [0.25, 0.3) is 0 Å². The summed E-state index contributed by atoms with van der Waals surface area (Å²) >= 11 is 7.33. The van der Waals surface area contributed by atoms with Gasteiger partial charge in [0.15, 0.2) is 0 Å². The maximum absolute atomic E-state index is 5.91. The largest absolute Gasteiger partial charge is 0.358 e. The number of halogens is 1. The molecular formula is C19H20ClN3S. The third-order valence-corrected chi connectivity index (χ3v) is 4.76. The third kappa shape index (κ3) is 5.05. The molecule has 5 heteroatoms. The van der Waals surface area contributed by atoms with Gasteiger partial charge in [0, 0.05) is 29.0 Å². The van der Waals surface area contributed by atoms with Crippen LogP contribution in [0.1, 0.15) is 30.3 Å². The maximum Gasteiger partial charge on any atom is 0.202 e. The van der Waals surface area contributed by atoms with Gasteiger partial charge in [0.05, 0.1) is 0 Å². The number of aryl methyl sites for hydroxylation is 1. The summed E-state index contributed by atoms with van der Waals surface area (Å²) in [4.78, 5) is 4.59. The second-order valence-electron chi connectivity index (χ2n) is 5.89. The van der Waals surface area contributed by atoms with Gasteiger partial charge in [-0.3, -0.25) is 0 Å². The van der Waals surface area contributed by atoms with Gasteiger partial charge in [0.2, 0.25) is 5.13 Å². The van der Waals surface area contributed by atoms with Crippen molar-refractivity contribution in [2.45, 2.75) is 32.2 Å². The van der Waals surface area contributed by atoms with Crippen molar-refractivity contribution in [3.8, 4) is 0 Å². The lowest BCUT2D eigenvalue weighted by Crippen LogP contribution is -2.15. The van der Waals surface area contributed by atoms with Gasteiger partial charge in [0.25, 0.3) is 0 Å². The molecule has 1 aromatic heterocycles. The van der Waals surface area contributed by atoms with Gasteiger partial charge in [-0.05, 0) is 43.0 Å². The first-order chi connectivity index (χ1) is 11.7. The van der Waals surface area contributed by atoms with E-state index in [-0.39, 0.29) is 0 Å². The Morgan fingerprint density at radius 1 is 1.04 bits per heavy atom. The molecule has 0 saturated carbocycles. The van der Waals surface area contributed by atoms with E-state index in [1.165, 1.54) is 22.7 Å². The maximum atomic E-state index is 5.91. The second-order valence-corrected chi connectivity index (χ2v) is 7.08. The van der Waals surface area contributed by atoms with Crippen molar-refractivity contribution in [3.05, 3.63) is 76.6 Å². The first-order valence-electron chi connectivity index (χ1n) is 8.06. The highest BCUT2D eigenvalue weighted by Gasteiger charge is 2.08. The van der Waals surface area contributed by atoms with Crippen LogP contribution in [-0.4, -0.2) is 15.4 Å². The second kappa shape index (κ2) is 8.27. The summed E-state index contributed by atoms with van der Waals surface area (Å²) in [7, 11) is 0. The van der Waals surface area contributed by atoms with Gasteiger partial charge < -0.3 is 5.32 Å². The van der Waals surface area contributed by atoms with E-state index >= 15 is 0 Å². The van der Waals surface area contributed by atoms with Crippen molar-refractivity contribution < 1.29 is 0 Å². The molecule has 1 N–H and O–H groups in total. The van der Waals surface area contributed by atoms with E-state index in [0.717, 1.165) is 35.2 Å². The van der Waals surface area contributed by atoms with E-state index in [0.29, 0.717) is 6.04 Å². The fraction of sp³-hybridized carbons (Fsp3) is 0.263. The molecule has 0 amide bonds. The van der Waals surface area contributed by atoms with Crippen LogP contribution >= 0.6 is 23.1 Å². The number of anilines is 1. The van der Waals surface area contributed by atoms with Gasteiger partial charge in [-0.25, -0.2) is 4.98 Å². The molecule has 1 atom stereocenters. The van der Waals surface area contributed by atoms with Crippen molar-refractivity contribution in [1.29, 1.82) is 0 Å². The molecule has 0 saturated heterocycles. The Hall–Kier alpha value is -1.91. The van der Waals surface area contributed by atoms with Crippen molar-refractivity contribution in [1.82, 2.24) is 9.36 Å². The monoisotopic (exact) mass is 357 g/mol. The van der Waals surface area contributed by atoms with Gasteiger partial charge >= 0.3 is 0 Å². The van der Waals surface area contributed by atoms with Crippen molar-refractivity contribution in [3.63, 3.8) is 0 Å². The number of hydrogen-bond acceptors (Lipinski definition) is 4. The average Bonchev–Trinajstić information content (AvgIpc) is 3.03. The van der Waals surface area contributed by atoms with Crippen LogP contribution in [0.4, 0.5) is 5.13 Å². The van der Waals surface area contributed by atoms with E-state index in [2.05, 4.69) is 51.9 Å². The van der Waals surface area contributed by atoms with E-state index < -0.39 is 0 Å². The molecule has 24 heavy (non-hydrogen) atoms. The van der Waals surface area contributed by atoms with Gasteiger partial charge in [-0.2, -0.15) is 4.37 Å². The van der Waals surface area contributed by atoms with E-state index in [4.69, 9.17) is 11.6 Å². The normalized spacial score (nSPS) is 12.1. The molecule has 0 aliphatic carbocycles. The molecule has 0 spiro atoms. The molecule has 2 aromatic carbocycles. The predicted molar refractivity (Wildman–Crippen MR) is 102 cm³/mol. The standard InChI is InChI=1S/C19H20ClN3S/c1-14(7-8-15-5-3-2-4-6-15)21-19-22-18(23-24-19)13-16-9-11-17(20)12-10-16/h2-6,9-12,14H,7-8,13H2,1H3,(H,21,22,23). The molecule has 0 radical (unpaired) electrons. The quantitative estimate of drug-likeness (QED) is 0.630. The Bertz CT molecular complexity index is 756. The minimum atomic E-state index is 0.363. The SMILES string of the molecule is CC(CCc1ccccc1)Nc1nc(Cc2ccc(Cl)cc2)ns1. The van der Waals surface area contributed by atoms with Crippen molar-refractivity contribution >= 4 is 28.3 Å². The Kier molecular flexibility index (Phi) is 5.83. The molecular weight excluding hydrogens is 338 g/mol. The number of benzene rings is 2. The topological polar surface area (TPSA) is 37.8 Å². The fourth-order valence-electron chi connectivity index (χ4n) is 2.48. The zero-order chi connectivity index (χ0) is 16.8. The lowest BCUT2D eigenvalue weighted by atomic mass is 10.1. The third-order valence-electron chi connectivity index (χ3n) is 3.82. The summed E-state index contributed by atoms with van der Waals surface area (Å²) in [5.74, 6) is 0.847. The Balaban J connectivity index is 1.50. The molecule has 3 rings (SSSR count). The van der Waals surface area contributed by atoms with Crippen LogP contribution in [0.3, 0.4) is 0 Å². The number of nitrogens with zero attached hydrogens (tertiary/aromatic N) is 2. The zero-order valence-electron chi connectivity index (χ0n) is 13.6. The molecule has 0 aliphatic heterocycles. The lowest BCUT2D eigenvalue weighted by molar-refractivity contribution is 0.705. The van der Waals surface area contributed by atoms with Crippen LogP contribution in [0.15, 0.2) is 54.6 Å². The molecule has 1 unspecified atom stereocenters. The van der Waals surface area contributed by atoms with Gasteiger partial charge in [-0.15, -0.1) is 0 Å². The average molecular weight is 358 g/mol. The number of rotatable bonds is 7. The van der Waals surface area contributed by atoms with Crippen LogP contribution in [0.5, 0.6) is 0 Å². The number of hydrogen-bond donors (Lipinski definition) is 1. The number of nitrogens with one attached hydrogen (secondary N) is 1. The van der Waals surface area contributed by atoms with Crippen LogP contribution in [0.2, 0.25) is 5.02 Å². The van der Waals surface area contributed by atoms with E-state index in [1.54, 1.807) is 0 Å². The summed E-state index contributed by atoms with van der Waals surface area (Å²) in [5.41, 5.74) is 2.53. The van der Waals surface area contributed by atoms with E-state index in [9.17, 15) is 0 Å². The summed E-state index contributed by atoms with van der Waals surface area (Å²) in [6, 6.07) is 18.7. The lowest BCUT2D eigenvalue weighted by Gasteiger charge is -2.12. The fourth-order valence-corrected chi connectivity index (χ4v) is 3.30. The van der Waals surface area contributed by atoms with Crippen LogP contribution in [-0.2, 0) is 12.8 Å². The molecule has 3 nitrogen and oxygen atoms in total. The first kappa shape index (κ1) is 16.9. The molecule has 0 bridgehead atoms. The Morgan fingerprint density at radius 3 is 2.54 bits per heavy atom. The highest BCUT2D eigenvalue weighted by atomic mass is 35.5. The van der Waals surface area contributed by atoms with Gasteiger partial charge in [0.1, 0.15) is 5.82 Å². The number of aromatic nitrogens is 2. The molecule has 0 aliphatic rings. The molecule has 1 heterocycles. The predicted octanol–water partition coefficient (Wildman–Crippen LogP) is 5.22. The molecule has 0 fully saturated rings. The van der Waals surface area contributed by atoms with Crippen molar-refractivity contribution in [2.24, 2.45) is 0 Å². The zero-order valence-corrected chi connectivity index (χ0v) is 15.1.